The molecule has 0 spiro atoms. The molecule has 3 N–H and O–H groups in total. The van der Waals surface area contributed by atoms with Crippen molar-refractivity contribution in [3.8, 4) is 11.1 Å². The molecule has 0 saturated heterocycles. The first-order valence-electron chi connectivity index (χ1n) is 9.31. The van der Waals surface area contributed by atoms with E-state index in [1.807, 2.05) is 48.5 Å². The Morgan fingerprint density at radius 3 is 2.00 bits per heavy atom. The lowest BCUT2D eigenvalue weighted by Crippen LogP contribution is -2.55. The van der Waals surface area contributed by atoms with Gasteiger partial charge in [-0.3, -0.25) is 4.79 Å². The summed E-state index contributed by atoms with van der Waals surface area (Å²) in [5, 5.41) is 12.1. The van der Waals surface area contributed by atoms with Crippen LogP contribution in [0.5, 0.6) is 0 Å². The highest BCUT2D eigenvalue weighted by atomic mass is 19.4. The average molecular weight is 436 g/mol. The summed E-state index contributed by atoms with van der Waals surface area (Å²) in [6.45, 7) is 1.07. The van der Waals surface area contributed by atoms with Crippen LogP contribution in [0.4, 0.5) is 18.0 Å². The Balaban J connectivity index is 1.60. The molecule has 2 atom stereocenters. The number of ether oxygens (including phenoxy) is 1. The van der Waals surface area contributed by atoms with Crippen LogP contribution in [-0.2, 0) is 14.3 Å². The number of alkyl carbamates (subject to hydrolysis) is 1. The lowest BCUT2D eigenvalue weighted by molar-refractivity contribution is -0.182. The van der Waals surface area contributed by atoms with Gasteiger partial charge in [0.15, 0.2) is 0 Å². The van der Waals surface area contributed by atoms with Gasteiger partial charge >= 0.3 is 18.2 Å². The fourth-order valence-electron chi connectivity index (χ4n) is 3.43. The average Bonchev–Trinajstić information content (AvgIpc) is 3.03. The largest absolute Gasteiger partial charge is 0.479 e. The number of fused-ring (bicyclic) bond motifs is 3. The molecule has 0 saturated carbocycles. The van der Waals surface area contributed by atoms with Crippen molar-refractivity contribution >= 4 is 18.0 Å². The summed E-state index contributed by atoms with van der Waals surface area (Å²) >= 11 is 0. The van der Waals surface area contributed by atoms with Gasteiger partial charge in [0.1, 0.15) is 12.6 Å². The van der Waals surface area contributed by atoms with Gasteiger partial charge < -0.3 is 20.5 Å². The maximum absolute atomic E-state index is 12.7. The Labute approximate surface area is 175 Å². The summed E-state index contributed by atoms with van der Waals surface area (Å²) < 4.78 is 43.3. The van der Waals surface area contributed by atoms with Crippen LogP contribution in [0.15, 0.2) is 48.5 Å². The highest BCUT2D eigenvalue weighted by molar-refractivity contribution is 5.89. The van der Waals surface area contributed by atoms with Crippen LogP contribution >= 0.6 is 0 Å². The first-order chi connectivity index (χ1) is 14.6. The van der Waals surface area contributed by atoms with E-state index in [-0.39, 0.29) is 12.5 Å². The van der Waals surface area contributed by atoms with Gasteiger partial charge in [-0.05, 0) is 29.2 Å². The Hall–Kier alpha value is -3.56. The van der Waals surface area contributed by atoms with E-state index in [2.05, 4.69) is 5.32 Å². The number of hydrogen-bond acceptors (Lipinski definition) is 4. The van der Waals surface area contributed by atoms with Crippen molar-refractivity contribution in [2.45, 2.75) is 31.1 Å². The van der Waals surface area contributed by atoms with Gasteiger partial charge in [0.2, 0.25) is 11.9 Å². The van der Waals surface area contributed by atoms with E-state index in [1.54, 1.807) is 0 Å². The summed E-state index contributed by atoms with van der Waals surface area (Å²) in [6.07, 6.45) is -6.19. The molecule has 1 aliphatic carbocycles. The minimum atomic E-state index is -5.18. The number of amides is 2. The van der Waals surface area contributed by atoms with Gasteiger partial charge in [0.05, 0.1) is 0 Å². The van der Waals surface area contributed by atoms with Gasteiger partial charge in [-0.25, -0.2) is 9.59 Å². The van der Waals surface area contributed by atoms with Gasteiger partial charge in [-0.2, -0.15) is 13.2 Å². The van der Waals surface area contributed by atoms with Gasteiger partial charge in [-0.1, -0.05) is 48.5 Å². The number of carbonyl (C=O) groups excluding carboxylic acids is 2. The predicted molar refractivity (Wildman–Crippen MR) is 103 cm³/mol. The van der Waals surface area contributed by atoms with Crippen molar-refractivity contribution in [1.29, 1.82) is 0 Å². The second-order valence-corrected chi connectivity index (χ2v) is 7.01. The molecule has 0 aliphatic heterocycles. The maximum atomic E-state index is 12.7. The monoisotopic (exact) mass is 436 g/mol. The third-order valence-electron chi connectivity index (χ3n) is 4.93. The van der Waals surface area contributed by atoms with E-state index in [0.29, 0.717) is 0 Å². The zero-order valence-corrected chi connectivity index (χ0v) is 16.3. The van der Waals surface area contributed by atoms with Crippen LogP contribution in [-0.4, -0.2) is 47.9 Å². The molecule has 31 heavy (non-hydrogen) atoms. The molecule has 0 heterocycles. The van der Waals surface area contributed by atoms with Crippen LogP contribution < -0.4 is 10.6 Å². The minimum Gasteiger partial charge on any atom is -0.479 e. The van der Waals surface area contributed by atoms with E-state index < -0.39 is 36.2 Å². The van der Waals surface area contributed by atoms with Crippen molar-refractivity contribution in [3.63, 3.8) is 0 Å². The molecule has 0 radical (unpaired) electrons. The molecule has 3 rings (SSSR count). The number of hydrogen-bond donors (Lipinski definition) is 3. The molecule has 0 fully saturated rings. The lowest BCUT2D eigenvalue weighted by Gasteiger charge is -2.21. The number of alkyl halides is 3. The normalized spacial score (nSPS) is 14.7. The zero-order chi connectivity index (χ0) is 22.8. The van der Waals surface area contributed by atoms with Crippen molar-refractivity contribution in [1.82, 2.24) is 10.6 Å². The fourth-order valence-corrected chi connectivity index (χ4v) is 3.43. The standard InChI is InChI=1S/C21H19F3N2O5/c1-11(18(27)26-17(19(28)29)21(22,23)24)25-20(30)31-10-16-14-8-4-2-6-12(14)13-7-3-5-9-15(13)16/h2-9,11,16-17H,10H2,1H3,(H,25,30)(H,26,27)(H,28,29)/t11-,17?/m1/s1. The first kappa shape index (κ1) is 22.1. The van der Waals surface area contributed by atoms with E-state index in [1.165, 1.54) is 5.32 Å². The number of rotatable bonds is 6. The van der Waals surface area contributed by atoms with Crippen molar-refractivity contribution in [3.05, 3.63) is 59.7 Å². The van der Waals surface area contributed by atoms with Crippen LogP contribution in [0.3, 0.4) is 0 Å². The van der Waals surface area contributed by atoms with Gasteiger partial charge in [0.25, 0.3) is 0 Å². The van der Waals surface area contributed by atoms with E-state index >= 15 is 0 Å². The first-order valence-corrected chi connectivity index (χ1v) is 9.31. The molecule has 1 unspecified atom stereocenters. The minimum absolute atomic E-state index is 0.0471. The summed E-state index contributed by atoms with van der Waals surface area (Å²) in [7, 11) is 0. The molecule has 7 nitrogen and oxygen atoms in total. The SMILES string of the molecule is C[C@@H](NC(=O)OCC1c2ccccc2-c2ccccc21)C(=O)NC(C(=O)O)C(F)(F)F. The second kappa shape index (κ2) is 8.66. The number of halogens is 3. The predicted octanol–water partition coefficient (Wildman–Crippen LogP) is 3.05. The molecule has 2 aromatic carbocycles. The Morgan fingerprint density at radius 2 is 1.52 bits per heavy atom. The van der Waals surface area contributed by atoms with Crippen molar-refractivity contribution < 1.29 is 37.4 Å². The summed E-state index contributed by atoms with van der Waals surface area (Å²) in [4.78, 5) is 34.7. The summed E-state index contributed by atoms with van der Waals surface area (Å²) in [6, 6.07) is 10.8. The van der Waals surface area contributed by atoms with Gasteiger partial charge in [-0.15, -0.1) is 0 Å². The number of carbonyl (C=O) groups is 3. The molecule has 164 valence electrons. The van der Waals surface area contributed by atoms with Crippen molar-refractivity contribution in [2.24, 2.45) is 0 Å². The molecule has 10 heteroatoms. The smallest absolute Gasteiger partial charge is 0.419 e. The lowest BCUT2D eigenvalue weighted by atomic mass is 9.98. The Morgan fingerprint density at radius 1 is 1.00 bits per heavy atom. The third-order valence-corrected chi connectivity index (χ3v) is 4.93. The summed E-state index contributed by atoms with van der Waals surface area (Å²) in [5.74, 6) is -3.80. The number of carboxylic acids is 1. The highest BCUT2D eigenvalue weighted by Crippen LogP contribution is 2.44. The Bertz CT molecular complexity index is 963. The number of nitrogens with one attached hydrogen (secondary N) is 2. The fraction of sp³-hybridized carbons (Fsp3) is 0.286. The van der Waals surface area contributed by atoms with Crippen LogP contribution in [0.2, 0.25) is 0 Å². The third kappa shape index (κ3) is 4.79. The molecule has 0 bridgehead atoms. The van der Waals surface area contributed by atoms with Gasteiger partial charge in [0, 0.05) is 5.92 Å². The molecule has 0 aromatic heterocycles. The van der Waals surface area contributed by atoms with Crippen LogP contribution in [0, 0.1) is 0 Å². The van der Waals surface area contributed by atoms with Crippen LogP contribution in [0.1, 0.15) is 24.0 Å². The quantitative estimate of drug-likeness (QED) is 0.646. The summed E-state index contributed by atoms with van der Waals surface area (Å²) in [5.41, 5.74) is 3.98. The topological polar surface area (TPSA) is 105 Å². The van der Waals surface area contributed by atoms with E-state index in [4.69, 9.17) is 9.84 Å². The maximum Gasteiger partial charge on any atom is 0.419 e. The number of benzene rings is 2. The number of carboxylic acid groups (broad SMARTS) is 1. The molecule has 1 aliphatic rings. The number of aliphatic carboxylic acids is 1. The van der Waals surface area contributed by atoms with Crippen LogP contribution in [0.25, 0.3) is 11.1 Å². The van der Waals surface area contributed by atoms with E-state index in [9.17, 15) is 27.6 Å². The zero-order valence-electron chi connectivity index (χ0n) is 16.3. The Kier molecular flexibility index (Phi) is 6.19. The molecular weight excluding hydrogens is 417 g/mol. The molecular formula is C21H19F3N2O5. The van der Waals surface area contributed by atoms with E-state index in [0.717, 1.165) is 29.2 Å². The highest BCUT2D eigenvalue weighted by Gasteiger charge is 2.46. The second-order valence-electron chi connectivity index (χ2n) is 7.01. The molecule has 2 amide bonds. The molecule has 2 aromatic rings. The van der Waals surface area contributed by atoms with Crippen molar-refractivity contribution in [2.75, 3.05) is 6.61 Å².